The molecule has 0 radical (unpaired) electrons. The van der Waals surface area contributed by atoms with E-state index in [-0.39, 0.29) is 11.7 Å². The van der Waals surface area contributed by atoms with Crippen molar-refractivity contribution in [3.05, 3.63) is 17.7 Å². The van der Waals surface area contributed by atoms with Gasteiger partial charge in [0.25, 0.3) is 0 Å². The van der Waals surface area contributed by atoms with Gasteiger partial charge in [-0.1, -0.05) is 0 Å². The fourth-order valence-electron chi connectivity index (χ4n) is 2.15. The third-order valence-electron chi connectivity index (χ3n) is 3.41. The minimum absolute atomic E-state index is 0.0378. The van der Waals surface area contributed by atoms with Crippen LogP contribution in [0.1, 0.15) is 35.6 Å². The van der Waals surface area contributed by atoms with E-state index in [0.29, 0.717) is 12.4 Å². The van der Waals surface area contributed by atoms with Crippen LogP contribution in [0.3, 0.4) is 0 Å². The lowest BCUT2D eigenvalue weighted by molar-refractivity contribution is 0.0690. The summed E-state index contributed by atoms with van der Waals surface area (Å²) in [6.07, 6.45) is 5.76. The second-order valence-electron chi connectivity index (χ2n) is 4.76. The maximum absolute atomic E-state index is 11.9. The number of thioether (sulfide) groups is 1. The van der Waals surface area contributed by atoms with Gasteiger partial charge < -0.3 is 20.7 Å². The number of hydrogen-bond acceptors (Lipinski definition) is 4. The van der Waals surface area contributed by atoms with Crippen LogP contribution in [0.2, 0.25) is 0 Å². The summed E-state index contributed by atoms with van der Waals surface area (Å²) < 4.78 is 0. The Labute approximate surface area is 120 Å². The predicted molar refractivity (Wildman–Crippen MR) is 76.0 cm³/mol. The summed E-state index contributed by atoms with van der Waals surface area (Å²) in [4.78, 5) is 29.6. The van der Waals surface area contributed by atoms with Crippen molar-refractivity contribution < 1.29 is 14.7 Å². The minimum atomic E-state index is -1.05. The van der Waals surface area contributed by atoms with E-state index in [1.807, 2.05) is 6.26 Å². The van der Waals surface area contributed by atoms with Gasteiger partial charge in [0.15, 0.2) is 0 Å². The van der Waals surface area contributed by atoms with Gasteiger partial charge in [-0.3, -0.25) is 0 Å². The molecule has 1 aliphatic rings. The first-order chi connectivity index (χ1) is 9.57. The highest BCUT2D eigenvalue weighted by Gasteiger charge is 2.42. The van der Waals surface area contributed by atoms with Crippen molar-refractivity contribution in [3.63, 3.8) is 0 Å². The molecule has 0 unspecified atom stereocenters. The Morgan fingerprint density at radius 1 is 1.55 bits per heavy atom. The molecule has 0 bridgehead atoms. The molecule has 8 heteroatoms. The number of carbonyl (C=O) groups excluding carboxylic acids is 1. The molecular formula is C12H18N4O3S. The SMILES string of the molecule is CSCCNC(=O)NC1(c2ncc(C(=O)O)[nH]2)CCC1. The van der Waals surface area contributed by atoms with Gasteiger partial charge in [0.2, 0.25) is 0 Å². The van der Waals surface area contributed by atoms with E-state index in [1.54, 1.807) is 11.8 Å². The van der Waals surface area contributed by atoms with Gasteiger partial charge in [-0.25, -0.2) is 14.6 Å². The minimum Gasteiger partial charge on any atom is -0.477 e. The molecule has 7 nitrogen and oxygen atoms in total. The zero-order valence-electron chi connectivity index (χ0n) is 11.2. The second kappa shape index (κ2) is 6.17. The van der Waals surface area contributed by atoms with Gasteiger partial charge in [0.1, 0.15) is 11.5 Å². The van der Waals surface area contributed by atoms with E-state index >= 15 is 0 Å². The Kier molecular flexibility index (Phi) is 4.53. The number of urea groups is 1. The third-order valence-corrected chi connectivity index (χ3v) is 4.02. The van der Waals surface area contributed by atoms with Crippen molar-refractivity contribution in [1.82, 2.24) is 20.6 Å². The van der Waals surface area contributed by atoms with Crippen LogP contribution >= 0.6 is 11.8 Å². The number of aromatic carboxylic acids is 1. The highest BCUT2D eigenvalue weighted by atomic mass is 32.2. The number of aromatic nitrogens is 2. The Hall–Kier alpha value is -1.70. The number of aromatic amines is 1. The molecule has 0 saturated heterocycles. The molecule has 0 aliphatic heterocycles. The fraction of sp³-hybridized carbons (Fsp3) is 0.583. The first-order valence-corrected chi connectivity index (χ1v) is 7.80. The van der Waals surface area contributed by atoms with Gasteiger partial charge in [-0.15, -0.1) is 0 Å². The molecule has 2 rings (SSSR count). The molecule has 0 spiro atoms. The van der Waals surface area contributed by atoms with Crippen LogP contribution in [0.5, 0.6) is 0 Å². The summed E-state index contributed by atoms with van der Waals surface area (Å²) >= 11 is 1.66. The number of nitrogens with zero attached hydrogens (tertiary/aromatic N) is 1. The first-order valence-electron chi connectivity index (χ1n) is 6.41. The lowest BCUT2D eigenvalue weighted by Gasteiger charge is -2.40. The topological polar surface area (TPSA) is 107 Å². The molecule has 4 N–H and O–H groups in total. The van der Waals surface area contributed by atoms with Crippen LogP contribution in [0.15, 0.2) is 6.20 Å². The largest absolute Gasteiger partial charge is 0.477 e. The number of carboxylic acid groups (broad SMARTS) is 1. The highest BCUT2D eigenvalue weighted by Crippen LogP contribution is 2.39. The number of imidazole rings is 1. The van der Waals surface area contributed by atoms with Gasteiger partial charge in [-0.05, 0) is 25.5 Å². The highest BCUT2D eigenvalue weighted by molar-refractivity contribution is 7.98. The van der Waals surface area contributed by atoms with E-state index in [9.17, 15) is 9.59 Å². The Bertz CT molecular complexity index is 499. The van der Waals surface area contributed by atoms with Gasteiger partial charge in [0, 0.05) is 12.3 Å². The maximum atomic E-state index is 11.9. The number of amides is 2. The molecule has 1 aliphatic carbocycles. The molecule has 20 heavy (non-hydrogen) atoms. The third kappa shape index (κ3) is 3.06. The summed E-state index contributed by atoms with van der Waals surface area (Å²) in [7, 11) is 0. The average molecular weight is 298 g/mol. The molecule has 1 aromatic rings. The predicted octanol–water partition coefficient (Wildman–Crippen LogP) is 1.15. The Balaban J connectivity index is 2.01. The van der Waals surface area contributed by atoms with Crippen LogP contribution in [-0.2, 0) is 5.54 Å². The normalized spacial score (nSPS) is 16.2. The van der Waals surface area contributed by atoms with Crippen LogP contribution in [0.4, 0.5) is 4.79 Å². The van der Waals surface area contributed by atoms with E-state index < -0.39 is 11.5 Å². The number of rotatable bonds is 6. The van der Waals surface area contributed by atoms with Crippen LogP contribution in [-0.4, -0.2) is 45.6 Å². The molecule has 0 atom stereocenters. The second-order valence-corrected chi connectivity index (χ2v) is 5.75. The summed E-state index contributed by atoms with van der Waals surface area (Å²) in [5.74, 6) is 0.313. The van der Waals surface area contributed by atoms with Crippen molar-refractivity contribution in [2.75, 3.05) is 18.6 Å². The zero-order valence-corrected chi connectivity index (χ0v) is 12.0. The summed E-state index contributed by atoms with van der Waals surface area (Å²) in [5, 5.41) is 14.6. The van der Waals surface area contributed by atoms with Crippen molar-refractivity contribution >= 4 is 23.8 Å². The monoisotopic (exact) mass is 298 g/mol. The van der Waals surface area contributed by atoms with Gasteiger partial charge in [0.05, 0.1) is 11.7 Å². The van der Waals surface area contributed by atoms with Crippen LogP contribution in [0, 0.1) is 0 Å². The molecule has 110 valence electrons. The summed E-state index contributed by atoms with van der Waals surface area (Å²) in [5.41, 5.74) is -0.521. The Morgan fingerprint density at radius 3 is 2.80 bits per heavy atom. The van der Waals surface area contributed by atoms with Crippen molar-refractivity contribution in [3.8, 4) is 0 Å². The number of nitrogens with one attached hydrogen (secondary N) is 3. The molecule has 1 heterocycles. The lowest BCUT2D eigenvalue weighted by atomic mass is 9.76. The molecule has 2 amide bonds. The first kappa shape index (κ1) is 14.7. The Morgan fingerprint density at radius 2 is 2.30 bits per heavy atom. The average Bonchev–Trinajstić information content (AvgIpc) is 2.84. The van der Waals surface area contributed by atoms with Gasteiger partial charge >= 0.3 is 12.0 Å². The van der Waals surface area contributed by atoms with E-state index in [0.717, 1.165) is 25.0 Å². The summed E-state index contributed by atoms with van der Waals surface area (Å²) in [6, 6.07) is -0.243. The number of carbonyl (C=O) groups is 2. The number of H-pyrrole nitrogens is 1. The van der Waals surface area contributed by atoms with Crippen LogP contribution < -0.4 is 10.6 Å². The number of hydrogen-bond donors (Lipinski definition) is 4. The van der Waals surface area contributed by atoms with E-state index in [2.05, 4.69) is 20.6 Å². The lowest BCUT2D eigenvalue weighted by Crippen LogP contribution is -2.54. The molecule has 0 aromatic carbocycles. The molecular weight excluding hydrogens is 280 g/mol. The standard InChI is InChI=1S/C12H18N4O3S/c1-20-6-5-13-11(19)16-12(3-2-4-12)10-14-7-8(15-10)9(17)18/h7H,2-6H2,1H3,(H,14,15)(H,17,18)(H2,13,16,19). The quantitative estimate of drug-likeness (QED) is 0.589. The van der Waals surface area contributed by atoms with Crippen molar-refractivity contribution in [2.24, 2.45) is 0 Å². The molecule has 1 aromatic heterocycles. The fourth-order valence-corrected chi connectivity index (χ4v) is 2.46. The summed E-state index contributed by atoms with van der Waals surface area (Å²) in [6.45, 7) is 0.599. The van der Waals surface area contributed by atoms with Gasteiger partial charge in [-0.2, -0.15) is 11.8 Å². The smallest absolute Gasteiger partial charge is 0.353 e. The van der Waals surface area contributed by atoms with E-state index in [4.69, 9.17) is 5.11 Å². The van der Waals surface area contributed by atoms with Crippen molar-refractivity contribution in [1.29, 1.82) is 0 Å². The van der Waals surface area contributed by atoms with E-state index in [1.165, 1.54) is 6.20 Å². The zero-order chi connectivity index (χ0) is 14.6. The van der Waals surface area contributed by atoms with Crippen molar-refractivity contribution in [2.45, 2.75) is 24.8 Å². The molecule has 1 saturated carbocycles. The number of carboxylic acids is 1. The molecule has 1 fully saturated rings. The maximum Gasteiger partial charge on any atom is 0.353 e. The van der Waals surface area contributed by atoms with Crippen LogP contribution in [0.25, 0.3) is 0 Å².